The summed E-state index contributed by atoms with van der Waals surface area (Å²) in [6, 6.07) is 9.50. The molecule has 0 radical (unpaired) electrons. The van der Waals surface area contributed by atoms with Gasteiger partial charge in [-0.1, -0.05) is 12.1 Å². The van der Waals surface area contributed by atoms with E-state index in [4.69, 9.17) is 4.42 Å². The maximum Gasteiger partial charge on any atom is 0.318 e. The lowest BCUT2D eigenvalue weighted by molar-refractivity contribution is -0.384. The first-order chi connectivity index (χ1) is 12.0. The van der Waals surface area contributed by atoms with Crippen LogP contribution in [0.15, 0.2) is 47.1 Å². The zero-order chi connectivity index (χ0) is 18.0. The molecule has 2 aromatic rings. The normalized spacial score (nSPS) is 16.1. The van der Waals surface area contributed by atoms with Gasteiger partial charge < -0.3 is 14.6 Å². The Morgan fingerprint density at radius 3 is 2.68 bits per heavy atom. The number of nitro groups is 1. The van der Waals surface area contributed by atoms with Crippen LogP contribution in [0.5, 0.6) is 0 Å². The highest BCUT2D eigenvalue weighted by Crippen LogP contribution is 2.35. The molecule has 0 unspecified atom stereocenters. The van der Waals surface area contributed by atoms with Gasteiger partial charge in [-0.25, -0.2) is 4.79 Å². The predicted octanol–water partition coefficient (Wildman–Crippen LogP) is 4.18. The van der Waals surface area contributed by atoms with E-state index in [9.17, 15) is 14.9 Å². The summed E-state index contributed by atoms with van der Waals surface area (Å²) in [5, 5.41) is 13.9. The smallest absolute Gasteiger partial charge is 0.318 e. The first kappa shape index (κ1) is 17.0. The predicted molar refractivity (Wildman–Crippen MR) is 92.0 cm³/mol. The number of rotatable bonds is 6. The van der Waals surface area contributed by atoms with Crippen LogP contribution >= 0.6 is 0 Å². The van der Waals surface area contributed by atoms with Crippen LogP contribution in [-0.2, 0) is 0 Å². The molecular formula is C18H21N3O4. The van der Waals surface area contributed by atoms with Crippen molar-refractivity contribution in [2.45, 2.75) is 44.8 Å². The van der Waals surface area contributed by atoms with E-state index in [2.05, 4.69) is 5.32 Å². The van der Waals surface area contributed by atoms with Crippen molar-refractivity contribution >= 4 is 11.7 Å². The number of amides is 2. The Labute approximate surface area is 145 Å². The number of nitrogens with zero attached hydrogens (tertiary/aromatic N) is 2. The van der Waals surface area contributed by atoms with Gasteiger partial charge in [-0.3, -0.25) is 10.1 Å². The number of carbonyl (C=O) groups excluding carboxylic acids is 1. The van der Waals surface area contributed by atoms with E-state index in [1.807, 2.05) is 19.9 Å². The Hall–Kier alpha value is -2.83. The lowest BCUT2D eigenvalue weighted by Crippen LogP contribution is -2.43. The second-order valence-electron chi connectivity index (χ2n) is 6.35. The van der Waals surface area contributed by atoms with Gasteiger partial charge in [0, 0.05) is 18.2 Å². The molecule has 0 aliphatic heterocycles. The molecule has 1 fully saturated rings. The zero-order valence-electron chi connectivity index (χ0n) is 14.2. The van der Waals surface area contributed by atoms with Gasteiger partial charge in [-0.05, 0) is 44.4 Å². The van der Waals surface area contributed by atoms with Gasteiger partial charge in [-0.2, -0.15) is 0 Å². The summed E-state index contributed by atoms with van der Waals surface area (Å²) in [5.74, 6) is 0.741. The Morgan fingerprint density at radius 2 is 2.08 bits per heavy atom. The largest absolute Gasteiger partial charge is 0.467 e. The number of hydrogen-bond acceptors (Lipinski definition) is 4. The number of nitrogens with one attached hydrogen (secondary N) is 1. The van der Waals surface area contributed by atoms with Crippen molar-refractivity contribution in [3.63, 3.8) is 0 Å². The molecule has 1 aliphatic carbocycles. The summed E-state index contributed by atoms with van der Waals surface area (Å²) < 4.78 is 5.44. The van der Waals surface area contributed by atoms with Crippen LogP contribution < -0.4 is 5.32 Å². The van der Waals surface area contributed by atoms with E-state index < -0.39 is 4.92 Å². The third-order valence-electron chi connectivity index (χ3n) is 4.47. The van der Waals surface area contributed by atoms with Crippen molar-refractivity contribution in [3.8, 4) is 0 Å². The van der Waals surface area contributed by atoms with Crippen LogP contribution in [0.1, 0.15) is 50.1 Å². The summed E-state index contributed by atoms with van der Waals surface area (Å²) >= 11 is 0. The van der Waals surface area contributed by atoms with Gasteiger partial charge in [0.2, 0.25) is 0 Å². The summed E-state index contributed by atoms with van der Waals surface area (Å²) in [6.45, 7) is 3.76. The molecule has 3 rings (SSSR count). The second kappa shape index (κ2) is 6.96. The van der Waals surface area contributed by atoms with Crippen LogP contribution in [0.4, 0.5) is 10.5 Å². The number of hydrogen-bond donors (Lipinski definition) is 1. The Balaban J connectivity index is 1.73. The highest BCUT2D eigenvalue weighted by Gasteiger charge is 2.37. The number of benzene rings is 1. The Bertz CT molecular complexity index is 755. The fourth-order valence-electron chi connectivity index (χ4n) is 2.93. The highest BCUT2D eigenvalue weighted by molar-refractivity contribution is 5.76. The van der Waals surface area contributed by atoms with Crippen molar-refractivity contribution in [1.82, 2.24) is 10.2 Å². The van der Waals surface area contributed by atoms with E-state index in [-0.39, 0.29) is 29.8 Å². The van der Waals surface area contributed by atoms with E-state index in [1.54, 1.807) is 29.4 Å². The minimum atomic E-state index is -0.437. The Morgan fingerprint density at radius 1 is 1.32 bits per heavy atom. The molecule has 1 aromatic carbocycles. The standard InChI is InChI=1S/C18H21N3O4/c1-12(14-5-3-6-16(11-14)21(23)24)19-18(22)20(15-8-9-15)13(2)17-7-4-10-25-17/h3-7,10-13,15H,8-9H2,1-2H3,(H,19,22)/t12-,13+/m1/s1. The van der Waals surface area contributed by atoms with E-state index in [0.29, 0.717) is 5.56 Å². The molecule has 132 valence electrons. The summed E-state index contributed by atoms with van der Waals surface area (Å²) in [7, 11) is 0. The molecule has 1 saturated carbocycles. The SMILES string of the molecule is C[C@@H](NC(=O)N(C1CC1)[C@@H](C)c1ccco1)c1cccc([N+](=O)[O-])c1. The first-order valence-electron chi connectivity index (χ1n) is 8.34. The molecule has 2 atom stereocenters. The minimum Gasteiger partial charge on any atom is -0.467 e. The van der Waals surface area contributed by atoms with E-state index in [1.165, 1.54) is 12.1 Å². The maximum absolute atomic E-state index is 12.8. The lowest BCUT2D eigenvalue weighted by atomic mass is 10.1. The lowest BCUT2D eigenvalue weighted by Gasteiger charge is -2.29. The molecule has 1 N–H and O–H groups in total. The molecule has 7 heteroatoms. The van der Waals surface area contributed by atoms with Gasteiger partial charge in [0.15, 0.2) is 0 Å². The molecule has 0 bridgehead atoms. The number of carbonyl (C=O) groups is 1. The molecule has 0 spiro atoms. The quantitative estimate of drug-likeness (QED) is 0.629. The first-order valence-corrected chi connectivity index (χ1v) is 8.34. The van der Waals surface area contributed by atoms with E-state index in [0.717, 1.165) is 18.6 Å². The van der Waals surface area contributed by atoms with Crippen LogP contribution in [0, 0.1) is 10.1 Å². The van der Waals surface area contributed by atoms with E-state index >= 15 is 0 Å². The molecule has 2 amide bonds. The molecule has 7 nitrogen and oxygen atoms in total. The van der Waals surface area contributed by atoms with Gasteiger partial charge in [-0.15, -0.1) is 0 Å². The van der Waals surface area contributed by atoms with Gasteiger partial charge in [0.25, 0.3) is 5.69 Å². The van der Waals surface area contributed by atoms with Crippen LogP contribution in [0.3, 0.4) is 0 Å². The van der Waals surface area contributed by atoms with Crippen molar-refractivity contribution in [2.75, 3.05) is 0 Å². The number of non-ortho nitro benzene ring substituents is 1. The molecular weight excluding hydrogens is 322 g/mol. The number of nitro benzene ring substituents is 1. The average molecular weight is 343 g/mol. The molecule has 1 heterocycles. The van der Waals surface area contributed by atoms with Crippen LogP contribution in [-0.4, -0.2) is 21.9 Å². The van der Waals surface area contributed by atoms with Gasteiger partial charge in [0.05, 0.1) is 23.3 Å². The van der Waals surface area contributed by atoms with Crippen molar-refractivity contribution in [2.24, 2.45) is 0 Å². The fourth-order valence-corrected chi connectivity index (χ4v) is 2.93. The minimum absolute atomic E-state index is 0.0154. The highest BCUT2D eigenvalue weighted by atomic mass is 16.6. The van der Waals surface area contributed by atoms with Crippen LogP contribution in [0.2, 0.25) is 0 Å². The maximum atomic E-state index is 12.8. The zero-order valence-corrected chi connectivity index (χ0v) is 14.2. The van der Waals surface area contributed by atoms with Crippen molar-refractivity contribution in [3.05, 3.63) is 64.1 Å². The summed E-state index contributed by atoms with van der Waals surface area (Å²) in [5.41, 5.74) is 0.713. The summed E-state index contributed by atoms with van der Waals surface area (Å²) in [4.78, 5) is 25.1. The third kappa shape index (κ3) is 3.81. The monoisotopic (exact) mass is 343 g/mol. The van der Waals surface area contributed by atoms with Crippen LogP contribution in [0.25, 0.3) is 0 Å². The topological polar surface area (TPSA) is 88.6 Å². The molecule has 1 aromatic heterocycles. The Kier molecular flexibility index (Phi) is 4.74. The van der Waals surface area contributed by atoms with Crippen molar-refractivity contribution < 1.29 is 14.1 Å². The number of urea groups is 1. The summed E-state index contributed by atoms with van der Waals surface area (Å²) in [6.07, 6.45) is 3.55. The molecule has 1 aliphatic rings. The van der Waals surface area contributed by atoms with Crippen molar-refractivity contribution in [1.29, 1.82) is 0 Å². The molecule has 25 heavy (non-hydrogen) atoms. The fraction of sp³-hybridized carbons (Fsp3) is 0.389. The number of furan rings is 1. The second-order valence-corrected chi connectivity index (χ2v) is 6.35. The third-order valence-corrected chi connectivity index (χ3v) is 4.47. The molecule has 0 saturated heterocycles. The van der Waals surface area contributed by atoms with Gasteiger partial charge in [0.1, 0.15) is 5.76 Å². The van der Waals surface area contributed by atoms with Gasteiger partial charge >= 0.3 is 6.03 Å². The average Bonchev–Trinajstić information content (AvgIpc) is 3.26.